The lowest BCUT2D eigenvalue weighted by atomic mass is 9.85. The Morgan fingerprint density at radius 1 is 1.19 bits per heavy atom. The van der Waals surface area contributed by atoms with E-state index in [-0.39, 0.29) is 17.7 Å². The largest absolute Gasteiger partial charge is 0.333 e. The fraction of sp³-hybridized carbons (Fsp3) is 0.389. The van der Waals surface area contributed by atoms with Crippen molar-refractivity contribution in [2.24, 2.45) is 5.92 Å². The third kappa shape index (κ3) is 3.10. The van der Waals surface area contributed by atoms with Crippen LogP contribution in [0.5, 0.6) is 0 Å². The van der Waals surface area contributed by atoms with Crippen molar-refractivity contribution in [3.05, 3.63) is 34.3 Å². The lowest BCUT2D eigenvalue weighted by Crippen LogP contribution is -2.35. The Bertz CT molecular complexity index is 1040. The second-order valence-electron chi connectivity index (χ2n) is 6.95. The number of rotatable bonds is 3. The monoisotopic (exact) mass is 399 g/mol. The van der Waals surface area contributed by atoms with E-state index in [4.69, 9.17) is 0 Å². The first-order valence-corrected chi connectivity index (χ1v) is 10.5. The van der Waals surface area contributed by atoms with Crippen LogP contribution in [0.25, 0.3) is 11.0 Å². The molecular weight excluding hydrogens is 382 g/mol. The summed E-state index contributed by atoms with van der Waals surface area (Å²) >= 11 is 2.63. The van der Waals surface area contributed by atoms with E-state index in [1.807, 2.05) is 11.0 Å². The van der Waals surface area contributed by atoms with Gasteiger partial charge in [0, 0.05) is 29.3 Å². The maximum atomic E-state index is 12.9. The third-order valence-electron chi connectivity index (χ3n) is 5.23. The first-order chi connectivity index (χ1) is 13.2. The van der Waals surface area contributed by atoms with Crippen molar-refractivity contribution in [2.45, 2.75) is 32.2 Å². The molecule has 7 nitrogen and oxygen atoms in total. The van der Waals surface area contributed by atoms with Gasteiger partial charge in [0.05, 0.1) is 24.0 Å². The van der Waals surface area contributed by atoms with Gasteiger partial charge in [0.15, 0.2) is 5.13 Å². The predicted octanol–water partition coefficient (Wildman–Crippen LogP) is 3.08. The van der Waals surface area contributed by atoms with Gasteiger partial charge in [0.2, 0.25) is 5.91 Å². The molecule has 2 amide bonds. The summed E-state index contributed by atoms with van der Waals surface area (Å²) in [4.78, 5) is 32.5. The summed E-state index contributed by atoms with van der Waals surface area (Å²) in [7, 11) is 0. The number of thiazole rings is 1. The van der Waals surface area contributed by atoms with Crippen molar-refractivity contribution < 1.29 is 9.59 Å². The highest BCUT2D eigenvalue weighted by atomic mass is 32.1. The van der Waals surface area contributed by atoms with Crippen LogP contribution in [-0.4, -0.2) is 37.0 Å². The van der Waals surface area contributed by atoms with Crippen molar-refractivity contribution in [1.29, 1.82) is 0 Å². The molecule has 0 bridgehead atoms. The fourth-order valence-electron chi connectivity index (χ4n) is 3.40. The minimum Gasteiger partial charge on any atom is -0.333 e. The van der Waals surface area contributed by atoms with Crippen LogP contribution in [0.15, 0.2) is 18.2 Å². The number of nitrogens with one attached hydrogen (secondary N) is 1. The van der Waals surface area contributed by atoms with E-state index in [9.17, 15) is 9.59 Å². The zero-order valence-electron chi connectivity index (χ0n) is 14.5. The normalized spacial score (nSPS) is 16.8. The fourth-order valence-corrected chi connectivity index (χ4v) is 4.94. The number of hydrogen-bond acceptors (Lipinski definition) is 7. The number of anilines is 1. The molecule has 1 N–H and O–H groups in total. The Labute approximate surface area is 163 Å². The number of benzene rings is 1. The summed E-state index contributed by atoms with van der Waals surface area (Å²) < 4.78 is 8.39. The standard InChI is InChI=1S/C18H17N5O2S2/c24-16(10-2-1-3-10)20-18-19-13-6-7-23(9-15(13)26-18)17(25)11-4-5-12-14(8-11)22-27-21-12/h4-5,8,10H,1-3,6-7,9H2,(H,19,20,24). The Morgan fingerprint density at radius 2 is 2.04 bits per heavy atom. The second-order valence-corrected chi connectivity index (χ2v) is 8.56. The minimum atomic E-state index is -0.0102. The van der Waals surface area contributed by atoms with Crippen LogP contribution >= 0.6 is 23.1 Å². The van der Waals surface area contributed by atoms with E-state index in [0.29, 0.717) is 30.2 Å². The van der Waals surface area contributed by atoms with E-state index in [1.165, 1.54) is 11.3 Å². The number of aromatic nitrogens is 3. The number of fused-ring (bicyclic) bond motifs is 2. The molecule has 0 unspecified atom stereocenters. The molecule has 3 heterocycles. The molecule has 138 valence electrons. The number of amides is 2. The molecule has 1 aliphatic heterocycles. The summed E-state index contributed by atoms with van der Waals surface area (Å²) in [5.74, 6) is 0.202. The Morgan fingerprint density at radius 3 is 2.85 bits per heavy atom. The van der Waals surface area contributed by atoms with Gasteiger partial charge < -0.3 is 10.2 Å². The number of hydrogen-bond donors (Lipinski definition) is 1. The molecule has 1 aromatic carbocycles. The molecule has 0 atom stereocenters. The summed E-state index contributed by atoms with van der Waals surface area (Å²) in [5.41, 5.74) is 3.18. The van der Waals surface area contributed by atoms with Crippen LogP contribution in [0, 0.1) is 5.92 Å². The van der Waals surface area contributed by atoms with Gasteiger partial charge in [0.1, 0.15) is 11.0 Å². The molecule has 0 radical (unpaired) electrons. The van der Waals surface area contributed by atoms with Gasteiger partial charge in [-0.2, -0.15) is 8.75 Å². The van der Waals surface area contributed by atoms with Crippen LogP contribution in [0.2, 0.25) is 0 Å². The molecule has 1 fully saturated rings. The molecule has 1 aliphatic carbocycles. The van der Waals surface area contributed by atoms with Crippen molar-refractivity contribution in [3.8, 4) is 0 Å². The average molecular weight is 400 g/mol. The van der Waals surface area contributed by atoms with Gasteiger partial charge in [-0.25, -0.2) is 4.98 Å². The number of carbonyl (C=O) groups excluding carboxylic acids is 2. The first-order valence-electron chi connectivity index (χ1n) is 8.98. The van der Waals surface area contributed by atoms with Gasteiger partial charge in [-0.15, -0.1) is 0 Å². The molecular formula is C18H17N5O2S2. The van der Waals surface area contributed by atoms with Gasteiger partial charge in [-0.1, -0.05) is 17.8 Å². The number of carbonyl (C=O) groups is 2. The van der Waals surface area contributed by atoms with Gasteiger partial charge in [-0.05, 0) is 31.0 Å². The van der Waals surface area contributed by atoms with E-state index < -0.39 is 0 Å². The molecule has 0 spiro atoms. The molecule has 0 saturated heterocycles. The molecule has 5 rings (SSSR count). The number of nitrogens with zero attached hydrogens (tertiary/aromatic N) is 4. The second kappa shape index (κ2) is 6.65. The van der Waals surface area contributed by atoms with Crippen molar-refractivity contribution >= 4 is 51.0 Å². The summed E-state index contributed by atoms with van der Waals surface area (Å²) in [5, 5.41) is 3.60. The lowest BCUT2D eigenvalue weighted by molar-refractivity contribution is -0.122. The van der Waals surface area contributed by atoms with E-state index in [1.54, 1.807) is 12.1 Å². The van der Waals surface area contributed by atoms with Crippen molar-refractivity contribution in [1.82, 2.24) is 18.6 Å². The van der Waals surface area contributed by atoms with E-state index in [2.05, 4.69) is 19.0 Å². The minimum absolute atomic E-state index is 0.0102. The van der Waals surface area contributed by atoms with Crippen LogP contribution in [-0.2, 0) is 17.8 Å². The molecule has 3 aromatic rings. The maximum absolute atomic E-state index is 12.9. The van der Waals surface area contributed by atoms with Gasteiger partial charge >= 0.3 is 0 Å². The van der Waals surface area contributed by atoms with Crippen molar-refractivity contribution in [3.63, 3.8) is 0 Å². The third-order valence-corrected chi connectivity index (χ3v) is 6.78. The SMILES string of the molecule is O=C(Nc1nc2c(s1)CN(C(=O)c1ccc3nsnc3c1)CC2)C1CCC1. The molecule has 27 heavy (non-hydrogen) atoms. The van der Waals surface area contributed by atoms with Crippen molar-refractivity contribution in [2.75, 3.05) is 11.9 Å². The Hall–Kier alpha value is -2.39. The lowest BCUT2D eigenvalue weighted by Gasteiger charge is -2.26. The zero-order valence-corrected chi connectivity index (χ0v) is 16.1. The van der Waals surface area contributed by atoms with E-state index >= 15 is 0 Å². The summed E-state index contributed by atoms with van der Waals surface area (Å²) in [6.07, 6.45) is 3.78. The zero-order chi connectivity index (χ0) is 18.4. The molecule has 2 aliphatic rings. The Balaban J connectivity index is 1.31. The van der Waals surface area contributed by atoms with Gasteiger partial charge in [-0.3, -0.25) is 9.59 Å². The maximum Gasteiger partial charge on any atom is 0.254 e. The highest BCUT2D eigenvalue weighted by Gasteiger charge is 2.28. The highest BCUT2D eigenvalue weighted by Crippen LogP contribution is 2.32. The summed E-state index contributed by atoms with van der Waals surface area (Å²) in [6.45, 7) is 1.15. The Kier molecular flexibility index (Phi) is 4.13. The van der Waals surface area contributed by atoms with Crippen LogP contribution in [0.1, 0.15) is 40.2 Å². The predicted molar refractivity (Wildman–Crippen MR) is 104 cm³/mol. The van der Waals surface area contributed by atoms with E-state index in [0.717, 1.165) is 52.6 Å². The van der Waals surface area contributed by atoms with Gasteiger partial charge in [0.25, 0.3) is 5.91 Å². The molecule has 9 heteroatoms. The quantitative estimate of drug-likeness (QED) is 0.731. The first kappa shape index (κ1) is 16.8. The highest BCUT2D eigenvalue weighted by molar-refractivity contribution is 7.15. The molecule has 2 aromatic heterocycles. The average Bonchev–Trinajstić information content (AvgIpc) is 3.23. The molecule has 1 saturated carbocycles. The van der Waals surface area contributed by atoms with Crippen LogP contribution < -0.4 is 5.32 Å². The van der Waals surface area contributed by atoms with Crippen LogP contribution in [0.4, 0.5) is 5.13 Å². The van der Waals surface area contributed by atoms with Crippen LogP contribution in [0.3, 0.4) is 0 Å². The summed E-state index contributed by atoms with van der Waals surface area (Å²) in [6, 6.07) is 5.44. The smallest absolute Gasteiger partial charge is 0.254 e. The topological polar surface area (TPSA) is 88.1 Å².